The molecule has 4 aromatic rings. The van der Waals surface area contributed by atoms with Crippen LogP contribution < -0.4 is 14.2 Å². The Bertz CT molecular complexity index is 2500. The molecule has 13 heteroatoms. The average Bonchev–Trinajstić information content (AvgIpc) is 3.39. The maximum Gasteiger partial charge on any atom is 0.343 e. The third kappa shape index (κ3) is 22.6. The molecule has 0 radical (unpaired) electrons. The van der Waals surface area contributed by atoms with Crippen molar-refractivity contribution in [1.29, 1.82) is 0 Å². The number of azo groups is 1. The summed E-state index contributed by atoms with van der Waals surface area (Å²) in [6, 6.07) is 26.3. The summed E-state index contributed by atoms with van der Waals surface area (Å²) in [6.45, 7) is 25.0. The summed E-state index contributed by atoms with van der Waals surface area (Å²) in [5.41, 5.74) is 4.38. The third-order valence-corrected chi connectivity index (χ3v) is 13.4. The van der Waals surface area contributed by atoms with Crippen molar-refractivity contribution in [2.75, 3.05) is 46.8 Å². The summed E-state index contributed by atoms with van der Waals surface area (Å²) in [7, 11) is 1.53. The van der Waals surface area contributed by atoms with Gasteiger partial charge in [0.2, 0.25) is 0 Å². The van der Waals surface area contributed by atoms with Gasteiger partial charge in [0.05, 0.1) is 60.8 Å². The number of methoxy groups -OCH3 is 1. The highest BCUT2D eigenvalue weighted by Gasteiger charge is 2.43. The Balaban J connectivity index is 1.03. The maximum atomic E-state index is 13.3. The summed E-state index contributed by atoms with van der Waals surface area (Å²) in [5, 5.41) is 9.10. The number of unbranched alkanes of at least 4 members (excludes halogenated alkanes) is 8. The lowest BCUT2D eigenvalue weighted by molar-refractivity contribution is -0.163. The monoisotopic (exact) mass is 1060 g/mol. The largest absolute Gasteiger partial charge is 0.494 e. The normalized spacial score (nSPS) is 12.8. The lowest BCUT2D eigenvalue weighted by Crippen LogP contribution is -2.38. The fourth-order valence-electron chi connectivity index (χ4n) is 8.37. The first kappa shape index (κ1) is 63.2. The predicted octanol–water partition coefficient (Wildman–Crippen LogP) is 15.7. The van der Waals surface area contributed by atoms with E-state index in [1.807, 2.05) is 65.0 Å². The molecule has 1 atom stereocenters. The molecule has 4 aromatic carbocycles. The quantitative estimate of drug-likeness (QED) is 0.0114. The number of carbonyl (C=O) groups is 4. The Morgan fingerprint density at radius 1 is 0.532 bits per heavy atom. The molecule has 0 spiro atoms. The van der Waals surface area contributed by atoms with Gasteiger partial charge in [-0.05, 0) is 191 Å². The topological polar surface area (TPSA) is 158 Å². The summed E-state index contributed by atoms with van der Waals surface area (Å²) < 4.78 is 38.9. The highest BCUT2D eigenvalue weighted by molar-refractivity contribution is 5.91. The van der Waals surface area contributed by atoms with Crippen molar-refractivity contribution in [1.82, 2.24) is 0 Å². The number of hydrogen-bond acceptors (Lipinski definition) is 13. The zero-order valence-electron chi connectivity index (χ0n) is 48.4. The highest BCUT2D eigenvalue weighted by atomic mass is 16.6. The molecule has 0 aliphatic carbocycles. The SMILES string of the molecule is CCC(C)(CC(C)(C)C(=O)OCCCCCCOc1ccc(C(=O)Oc2ccc(/C=C/C(=O)OCCOC)cc2C)cc1)C(=O)OCCCCCCCCOc1ccc(N=Nc2cc(C(C)(C)C)cc(C(C)(C)C)c2)cc1. The summed E-state index contributed by atoms with van der Waals surface area (Å²) in [6.07, 6.45) is 13.1. The van der Waals surface area contributed by atoms with Crippen LogP contribution in [0.2, 0.25) is 0 Å². The minimum absolute atomic E-state index is 0.0135. The van der Waals surface area contributed by atoms with Crippen molar-refractivity contribution in [2.24, 2.45) is 21.1 Å². The lowest BCUT2D eigenvalue weighted by Gasteiger charge is -2.33. The van der Waals surface area contributed by atoms with Crippen molar-refractivity contribution in [3.8, 4) is 17.2 Å². The fourth-order valence-corrected chi connectivity index (χ4v) is 8.37. The van der Waals surface area contributed by atoms with Crippen LogP contribution in [-0.2, 0) is 44.2 Å². The van der Waals surface area contributed by atoms with Crippen LogP contribution in [0.3, 0.4) is 0 Å². The van der Waals surface area contributed by atoms with Gasteiger partial charge in [-0.25, -0.2) is 9.59 Å². The molecule has 4 rings (SSSR count). The molecule has 1 unspecified atom stereocenters. The van der Waals surface area contributed by atoms with Gasteiger partial charge in [-0.15, -0.1) is 0 Å². The smallest absolute Gasteiger partial charge is 0.343 e. The van der Waals surface area contributed by atoms with E-state index >= 15 is 0 Å². The third-order valence-electron chi connectivity index (χ3n) is 13.4. The van der Waals surface area contributed by atoms with Gasteiger partial charge in [0.1, 0.15) is 23.9 Å². The first-order chi connectivity index (χ1) is 36.5. The van der Waals surface area contributed by atoms with Crippen LogP contribution in [0.15, 0.2) is 101 Å². The number of carbonyl (C=O) groups excluding carboxylic acids is 4. The Labute approximate surface area is 459 Å². The number of benzene rings is 4. The molecule has 0 aliphatic rings. The summed E-state index contributed by atoms with van der Waals surface area (Å²) >= 11 is 0. The minimum Gasteiger partial charge on any atom is -0.494 e. The van der Waals surface area contributed by atoms with E-state index in [2.05, 4.69) is 70.0 Å². The molecule has 0 saturated heterocycles. The number of nitrogens with zero attached hydrogens (tertiary/aromatic N) is 2. The van der Waals surface area contributed by atoms with E-state index in [0.29, 0.717) is 62.9 Å². The van der Waals surface area contributed by atoms with E-state index in [1.54, 1.807) is 42.5 Å². The van der Waals surface area contributed by atoms with Crippen molar-refractivity contribution >= 4 is 41.3 Å². The molecule has 0 heterocycles. The highest BCUT2D eigenvalue weighted by Crippen LogP contribution is 2.39. The Hall–Kier alpha value is -6.34. The zero-order valence-corrected chi connectivity index (χ0v) is 48.4. The van der Waals surface area contributed by atoms with Gasteiger partial charge in [-0.1, -0.05) is 86.3 Å². The molecule has 0 aromatic heterocycles. The van der Waals surface area contributed by atoms with Crippen LogP contribution in [0.4, 0.5) is 11.4 Å². The summed E-state index contributed by atoms with van der Waals surface area (Å²) in [4.78, 5) is 51.2. The molecule has 77 heavy (non-hydrogen) atoms. The molecule has 0 amide bonds. The lowest BCUT2D eigenvalue weighted by atomic mass is 9.72. The standard InChI is InChI=1S/C64H88N2O11/c1-13-64(11,60(70)76-39-22-17-15-14-16-20-36-73-55-32-28-52(29-33-55)65-66-53-44-50(61(3,4)5)43-51(45-53)62(6,7)8)46-63(9,10)59(69)75-38-23-19-18-21-37-72-54-30-26-49(27-31-54)58(68)77-56-34-24-48(42-47(56)2)25-35-57(67)74-41-40-71-12/h24-35,42-45H,13-23,36-41,46H2,1-12H3/b35-25+,66-65?. The van der Waals surface area contributed by atoms with Crippen LogP contribution in [-0.4, -0.2) is 70.6 Å². The molecule has 0 bridgehead atoms. The number of hydrogen-bond donors (Lipinski definition) is 0. The van der Waals surface area contributed by atoms with Gasteiger partial charge in [0.25, 0.3) is 0 Å². The molecule has 420 valence electrons. The number of esters is 4. The van der Waals surface area contributed by atoms with Crippen LogP contribution in [0.25, 0.3) is 6.08 Å². The van der Waals surface area contributed by atoms with Gasteiger partial charge in [0, 0.05) is 13.2 Å². The van der Waals surface area contributed by atoms with Crippen LogP contribution in [0.1, 0.15) is 179 Å². The predicted molar refractivity (Wildman–Crippen MR) is 305 cm³/mol. The van der Waals surface area contributed by atoms with E-state index in [4.69, 9.17) is 33.2 Å². The minimum atomic E-state index is -0.855. The van der Waals surface area contributed by atoms with Gasteiger partial charge in [-0.3, -0.25) is 9.59 Å². The molecular weight excluding hydrogens is 973 g/mol. The molecule has 0 aliphatic heterocycles. The number of rotatable bonds is 32. The van der Waals surface area contributed by atoms with Gasteiger partial charge < -0.3 is 33.2 Å². The maximum absolute atomic E-state index is 13.3. The molecular formula is C64H88N2O11. The Kier molecular flexibility index (Phi) is 25.6. The fraction of sp³-hybridized carbons (Fsp3) is 0.531. The first-order valence-corrected chi connectivity index (χ1v) is 27.6. The van der Waals surface area contributed by atoms with Crippen molar-refractivity contribution < 1.29 is 52.3 Å². The van der Waals surface area contributed by atoms with E-state index in [1.165, 1.54) is 24.3 Å². The second-order valence-corrected chi connectivity index (χ2v) is 22.9. The van der Waals surface area contributed by atoms with Crippen LogP contribution in [0, 0.1) is 17.8 Å². The first-order valence-electron chi connectivity index (χ1n) is 27.6. The van der Waals surface area contributed by atoms with E-state index < -0.39 is 22.8 Å². The van der Waals surface area contributed by atoms with Crippen LogP contribution >= 0.6 is 0 Å². The molecule has 13 nitrogen and oxygen atoms in total. The van der Waals surface area contributed by atoms with Gasteiger partial charge in [0.15, 0.2) is 0 Å². The zero-order chi connectivity index (χ0) is 56.5. The summed E-state index contributed by atoms with van der Waals surface area (Å²) in [5.74, 6) is 0.336. The van der Waals surface area contributed by atoms with Crippen molar-refractivity contribution in [3.05, 3.63) is 119 Å². The van der Waals surface area contributed by atoms with Crippen LogP contribution in [0.5, 0.6) is 17.2 Å². The Morgan fingerprint density at radius 2 is 1.04 bits per heavy atom. The molecule has 0 N–H and O–H groups in total. The number of ether oxygens (including phenoxy) is 7. The van der Waals surface area contributed by atoms with Gasteiger partial charge in [-0.2, -0.15) is 10.2 Å². The second kappa shape index (κ2) is 31.2. The van der Waals surface area contributed by atoms with Crippen molar-refractivity contribution in [2.45, 2.75) is 164 Å². The van der Waals surface area contributed by atoms with Crippen molar-refractivity contribution in [3.63, 3.8) is 0 Å². The van der Waals surface area contributed by atoms with E-state index in [9.17, 15) is 19.2 Å². The molecule has 0 saturated carbocycles. The van der Waals surface area contributed by atoms with E-state index in [-0.39, 0.29) is 29.4 Å². The number of aryl methyl sites for hydroxylation is 1. The molecule has 0 fully saturated rings. The Morgan fingerprint density at radius 3 is 1.56 bits per heavy atom. The van der Waals surface area contributed by atoms with Gasteiger partial charge >= 0.3 is 23.9 Å². The second-order valence-electron chi connectivity index (χ2n) is 22.9. The van der Waals surface area contributed by atoms with E-state index in [0.717, 1.165) is 92.5 Å². The average molecular weight is 1060 g/mol.